The Morgan fingerprint density at radius 2 is 1.70 bits per heavy atom. The van der Waals surface area contributed by atoms with E-state index >= 15 is 0 Å². The van der Waals surface area contributed by atoms with Crippen LogP contribution < -0.4 is 20.1 Å². The molecule has 1 aromatic heterocycles. The summed E-state index contributed by atoms with van der Waals surface area (Å²) < 4.78 is 30.3. The number of benzene rings is 3. The van der Waals surface area contributed by atoms with Crippen LogP contribution in [-0.2, 0) is 4.79 Å². The van der Waals surface area contributed by atoms with E-state index in [-0.39, 0.29) is 23.9 Å². The summed E-state index contributed by atoms with van der Waals surface area (Å²) in [7, 11) is 0. The molecule has 33 heavy (non-hydrogen) atoms. The van der Waals surface area contributed by atoms with Crippen LogP contribution in [0.1, 0.15) is 16.1 Å². The summed E-state index contributed by atoms with van der Waals surface area (Å²) in [5.74, 6) is -0.633. The first-order chi connectivity index (χ1) is 16.1. The Balaban J connectivity index is 1.40. The van der Waals surface area contributed by atoms with Crippen LogP contribution in [0, 0.1) is 5.82 Å². The maximum Gasteiger partial charge on any atom is 0.293 e. The van der Waals surface area contributed by atoms with Crippen molar-refractivity contribution in [2.45, 2.75) is 0 Å². The van der Waals surface area contributed by atoms with Crippen LogP contribution >= 0.6 is 0 Å². The minimum absolute atomic E-state index is 0.00272. The molecule has 0 atom stereocenters. The van der Waals surface area contributed by atoms with Crippen LogP contribution in [0.4, 0.5) is 15.8 Å². The maximum atomic E-state index is 14.0. The fourth-order valence-corrected chi connectivity index (χ4v) is 3.42. The molecule has 0 radical (unpaired) electrons. The molecule has 2 N–H and O–H groups in total. The van der Waals surface area contributed by atoms with E-state index in [1.165, 1.54) is 24.3 Å². The molecule has 4 aromatic rings. The Hall–Kier alpha value is -4.59. The molecule has 1 aliphatic rings. The smallest absolute Gasteiger partial charge is 0.293 e. The van der Waals surface area contributed by atoms with Crippen LogP contribution in [-0.4, -0.2) is 18.6 Å². The molecular weight excluding hydrogens is 427 g/mol. The molecule has 0 spiro atoms. The Labute approximate surface area is 187 Å². The number of rotatable bonds is 5. The number of carbonyl (C=O) groups excluding carboxylic acids is 2. The third-order valence-electron chi connectivity index (χ3n) is 5.00. The third-order valence-corrected chi connectivity index (χ3v) is 5.00. The van der Waals surface area contributed by atoms with Crippen molar-refractivity contribution in [3.63, 3.8) is 0 Å². The zero-order valence-electron chi connectivity index (χ0n) is 17.1. The largest absolute Gasteiger partial charge is 0.454 e. The third kappa shape index (κ3) is 4.14. The van der Waals surface area contributed by atoms with Gasteiger partial charge in [0.2, 0.25) is 18.5 Å². The summed E-state index contributed by atoms with van der Waals surface area (Å²) in [5, 5.41) is 5.73. The summed E-state index contributed by atoms with van der Waals surface area (Å²) in [5.41, 5.74) is 1.35. The number of hydrogen-bond donors (Lipinski definition) is 2. The number of halogens is 1. The monoisotopic (exact) mass is 444 g/mol. The molecule has 0 fully saturated rings. The van der Waals surface area contributed by atoms with E-state index in [1.807, 2.05) is 0 Å². The van der Waals surface area contributed by atoms with E-state index in [1.54, 1.807) is 54.6 Å². The van der Waals surface area contributed by atoms with Crippen LogP contribution in [0.15, 0.2) is 77.2 Å². The summed E-state index contributed by atoms with van der Waals surface area (Å²) in [4.78, 5) is 25.5. The first kappa shape index (κ1) is 20.3. The van der Waals surface area contributed by atoms with Crippen molar-refractivity contribution in [1.82, 2.24) is 0 Å². The lowest BCUT2D eigenvalue weighted by atomic mass is 10.2. The number of ether oxygens (including phenoxy) is 2. The van der Waals surface area contributed by atoms with E-state index in [0.717, 1.165) is 5.56 Å². The molecule has 5 rings (SSSR count). The van der Waals surface area contributed by atoms with Crippen molar-refractivity contribution < 1.29 is 27.9 Å². The highest BCUT2D eigenvalue weighted by Gasteiger charge is 2.22. The number of anilines is 2. The SMILES string of the molecule is O=C(C=Cc1ccc2c(c1)OCO2)Nc1c(C(=O)Nc2ccccc2F)oc2ccccc12. The van der Waals surface area contributed by atoms with Gasteiger partial charge in [-0.2, -0.15) is 0 Å². The summed E-state index contributed by atoms with van der Waals surface area (Å²) in [6, 6.07) is 18.0. The first-order valence-electron chi connectivity index (χ1n) is 10.0. The second-order valence-electron chi connectivity index (χ2n) is 7.17. The quantitative estimate of drug-likeness (QED) is 0.413. The van der Waals surface area contributed by atoms with Crippen molar-refractivity contribution >= 4 is 40.2 Å². The van der Waals surface area contributed by atoms with E-state index < -0.39 is 17.6 Å². The molecular formula is C25H17FN2O5. The van der Waals surface area contributed by atoms with E-state index in [4.69, 9.17) is 13.9 Å². The molecule has 0 saturated heterocycles. The Morgan fingerprint density at radius 1 is 0.909 bits per heavy atom. The minimum Gasteiger partial charge on any atom is -0.454 e. The number of carbonyl (C=O) groups is 2. The van der Waals surface area contributed by atoms with Gasteiger partial charge in [-0.15, -0.1) is 0 Å². The van der Waals surface area contributed by atoms with Crippen LogP contribution in [0.5, 0.6) is 11.5 Å². The molecule has 7 nitrogen and oxygen atoms in total. The lowest BCUT2D eigenvalue weighted by Crippen LogP contribution is -2.16. The normalized spacial score (nSPS) is 12.3. The number of fused-ring (bicyclic) bond motifs is 2. The standard InChI is InChI=1S/C25H17FN2O5/c26-17-6-2-3-7-18(17)27-25(30)24-23(16-5-1-4-8-19(16)33-24)28-22(29)12-10-15-9-11-20-21(13-15)32-14-31-20/h1-13H,14H2,(H,27,30)(H,28,29). The Morgan fingerprint density at radius 3 is 2.58 bits per heavy atom. The van der Waals surface area contributed by atoms with Gasteiger partial charge in [0.1, 0.15) is 17.1 Å². The van der Waals surface area contributed by atoms with E-state index in [0.29, 0.717) is 22.5 Å². The van der Waals surface area contributed by atoms with Gasteiger partial charge in [0.25, 0.3) is 5.91 Å². The van der Waals surface area contributed by atoms with E-state index in [9.17, 15) is 14.0 Å². The Bertz CT molecular complexity index is 1410. The van der Waals surface area contributed by atoms with E-state index in [2.05, 4.69) is 10.6 Å². The molecule has 0 bridgehead atoms. The predicted molar refractivity (Wildman–Crippen MR) is 121 cm³/mol. The van der Waals surface area contributed by atoms with Crippen LogP contribution in [0.3, 0.4) is 0 Å². The average molecular weight is 444 g/mol. The zero-order chi connectivity index (χ0) is 22.8. The van der Waals surface area contributed by atoms with Gasteiger partial charge in [-0.25, -0.2) is 4.39 Å². The molecule has 2 heterocycles. The van der Waals surface area contributed by atoms with Gasteiger partial charge >= 0.3 is 0 Å². The van der Waals surface area contributed by atoms with Gasteiger partial charge < -0.3 is 24.5 Å². The number of hydrogen-bond acceptors (Lipinski definition) is 5. The highest BCUT2D eigenvalue weighted by Crippen LogP contribution is 2.33. The predicted octanol–water partition coefficient (Wildman–Crippen LogP) is 5.20. The van der Waals surface area contributed by atoms with Gasteiger partial charge in [0.15, 0.2) is 11.5 Å². The molecule has 0 aliphatic carbocycles. The topological polar surface area (TPSA) is 89.8 Å². The lowest BCUT2D eigenvalue weighted by Gasteiger charge is -2.07. The molecule has 2 amide bonds. The second kappa shape index (κ2) is 8.51. The number of para-hydroxylation sites is 2. The molecule has 164 valence electrons. The van der Waals surface area contributed by atoms with Gasteiger partial charge in [-0.05, 0) is 48.0 Å². The van der Waals surface area contributed by atoms with Gasteiger partial charge in [0.05, 0.1) is 5.69 Å². The van der Waals surface area contributed by atoms with Crippen molar-refractivity contribution in [2.24, 2.45) is 0 Å². The fourth-order valence-electron chi connectivity index (χ4n) is 3.42. The summed E-state index contributed by atoms with van der Waals surface area (Å²) in [6.45, 7) is 0.161. The van der Waals surface area contributed by atoms with Crippen LogP contribution in [0.2, 0.25) is 0 Å². The fraction of sp³-hybridized carbons (Fsp3) is 0.0400. The van der Waals surface area contributed by atoms with Gasteiger partial charge in [-0.3, -0.25) is 9.59 Å². The lowest BCUT2D eigenvalue weighted by molar-refractivity contribution is -0.111. The van der Waals surface area contributed by atoms with Crippen molar-refractivity contribution in [2.75, 3.05) is 17.4 Å². The number of furan rings is 1. The average Bonchev–Trinajstić information content (AvgIpc) is 3.44. The molecule has 8 heteroatoms. The highest BCUT2D eigenvalue weighted by atomic mass is 19.1. The summed E-state index contributed by atoms with van der Waals surface area (Å²) in [6.07, 6.45) is 2.94. The molecule has 1 aliphatic heterocycles. The second-order valence-corrected chi connectivity index (χ2v) is 7.17. The van der Waals surface area contributed by atoms with Gasteiger partial charge in [0, 0.05) is 11.5 Å². The number of nitrogens with one attached hydrogen (secondary N) is 2. The highest BCUT2D eigenvalue weighted by molar-refractivity contribution is 6.16. The molecule has 0 unspecified atom stereocenters. The van der Waals surface area contributed by atoms with Crippen molar-refractivity contribution in [3.05, 3.63) is 89.9 Å². The van der Waals surface area contributed by atoms with Crippen molar-refractivity contribution in [3.8, 4) is 11.5 Å². The maximum absolute atomic E-state index is 14.0. The summed E-state index contributed by atoms with van der Waals surface area (Å²) >= 11 is 0. The van der Waals surface area contributed by atoms with Gasteiger partial charge in [-0.1, -0.05) is 30.3 Å². The molecule has 3 aromatic carbocycles. The number of amides is 2. The molecule has 0 saturated carbocycles. The minimum atomic E-state index is -0.689. The zero-order valence-corrected chi connectivity index (χ0v) is 17.1. The van der Waals surface area contributed by atoms with Crippen molar-refractivity contribution in [1.29, 1.82) is 0 Å². The first-order valence-corrected chi connectivity index (χ1v) is 10.0. The van der Waals surface area contributed by atoms with Crippen LogP contribution in [0.25, 0.3) is 17.0 Å². The Kier molecular flexibility index (Phi) is 5.24.